The summed E-state index contributed by atoms with van der Waals surface area (Å²) < 4.78 is 11.2. The van der Waals surface area contributed by atoms with Gasteiger partial charge in [-0.05, 0) is 51.5 Å². The van der Waals surface area contributed by atoms with Crippen LogP contribution < -0.4 is 5.32 Å². The first kappa shape index (κ1) is 17.5. The van der Waals surface area contributed by atoms with Crippen molar-refractivity contribution in [3.63, 3.8) is 0 Å². The van der Waals surface area contributed by atoms with Crippen LogP contribution >= 0.6 is 0 Å². The smallest absolute Gasteiger partial charge is 0.169 e. The lowest BCUT2D eigenvalue weighted by atomic mass is 9.92. The first-order chi connectivity index (χ1) is 10.8. The van der Waals surface area contributed by atoms with E-state index in [-0.39, 0.29) is 12.3 Å². The second-order valence-corrected chi connectivity index (χ2v) is 5.21. The molecule has 5 radical (unpaired) electrons. The maximum atomic E-state index is 5.62. The molecule has 0 spiro atoms. The van der Waals surface area contributed by atoms with Gasteiger partial charge in [-0.15, -0.1) is 0 Å². The van der Waals surface area contributed by atoms with Crippen LogP contribution in [0.5, 0.6) is 0 Å². The lowest BCUT2D eigenvalue weighted by molar-refractivity contribution is -0.133. The van der Waals surface area contributed by atoms with Crippen LogP contribution in [0.2, 0.25) is 0 Å². The molecule has 0 aromatic heterocycles. The fraction of sp³-hybridized carbons (Fsp3) is 0.421. The summed E-state index contributed by atoms with van der Waals surface area (Å²) in [6.45, 7) is 5.98. The minimum Gasteiger partial charge on any atom is -0.352 e. The Hall–Kier alpha value is -0.900. The van der Waals surface area contributed by atoms with Gasteiger partial charge in [-0.3, -0.25) is 0 Å². The van der Waals surface area contributed by atoms with Gasteiger partial charge in [0.1, 0.15) is 0 Å². The van der Waals surface area contributed by atoms with E-state index in [9.17, 15) is 0 Å². The highest BCUT2D eigenvalue weighted by Crippen LogP contribution is 2.28. The number of rotatable bonds is 10. The molecule has 3 heteroatoms. The average Bonchev–Trinajstić information content (AvgIpc) is 3.07. The van der Waals surface area contributed by atoms with Crippen LogP contribution in [0.4, 0.5) is 0 Å². The molecule has 0 aliphatic heterocycles. The fourth-order valence-corrected chi connectivity index (χ4v) is 2.56. The molecule has 0 amide bonds. The lowest BCUT2D eigenvalue weighted by Gasteiger charge is -2.27. The molecule has 0 heterocycles. The molecule has 1 saturated carbocycles. The SMILES string of the molecule is CCOC(CNC(Cc1ccccc1)[C]1[CH][CH][CH][CH]1)OCC. The van der Waals surface area contributed by atoms with E-state index in [0.29, 0.717) is 19.8 Å². The maximum Gasteiger partial charge on any atom is 0.169 e. The molecule has 119 valence electrons. The standard InChI is InChI=1S/C19H26NO2/c1-3-21-19(22-4-2)15-20-18(17-12-8-9-13-17)14-16-10-6-5-7-11-16/h5-13,18-20H,3-4,14-15H2,1-2H3. The molecule has 2 rings (SSSR count). The van der Waals surface area contributed by atoms with E-state index < -0.39 is 0 Å². The highest BCUT2D eigenvalue weighted by Gasteiger charge is 2.27. The normalized spacial score (nSPS) is 17.2. The molecule has 0 saturated heterocycles. The number of benzene rings is 1. The summed E-state index contributed by atoms with van der Waals surface area (Å²) in [5.74, 6) is 1.30. The molecule has 3 nitrogen and oxygen atoms in total. The van der Waals surface area contributed by atoms with Gasteiger partial charge in [-0.1, -0.05) is 30.3 Å². The largest absolute Gasteiger partial charge is 0.352 e. The Balaban J connectivity index is 1.92. The molecule has 1 aromatic carbocycles. The molecule has 1 atom stereocenters. The Morgan fingerprint density at radius 2 is 1.59 bits per heavy atom. The first-order valence-corrected chi connectivity index (χ1v) is 8.05. The predicted octanol–water partition coefficient (Wildman–Crippen LogP) is 2.99. The van der Waals surface area contributed by atoms with E-state index >= 15 is 0 Å². The topological polar surface area (TPSA) is 30.5 Å². The van der Waals surface area contributed by atoms with Crippen LogP contribution in [0.3, 0.4) is 0 Å². The van der Waals surface area contributed by atoms with Crippen molar-refractivity contribution in [2.75, 3.05) is 19.8 Å². The monoisotopic (exact) mass is 300 g/mol. The van der Waals surface area contributed by atoms with Crippen molar-refractivity contribution in [3.8, 4) is 0 Å². The van der Waals surface area contributed by atoms with Crippen molar-refractivity contribution in [2.45, 2.75) is 32.6 Å². The number of hydrogen-bond acceptors (Lipinski definition) is 3. The van der Waals surface area contributed by atoms with Gasteiger partial charge < -0.3 is 14.8 Å². The molecule has 1 aromatic rings. The number of hydrogen-bond donors (Lipinski definition) is 1. The average molecular weight is 300 g/mol. The third-order valence-corrected chi connectivity index (χ3v) is 3.61. The fourth-order valence-electron chi connectivity index (χ4n) is 2.56. The Labute approximate surface area is 135 Å². The maximum absolute atomic E-state index is 5.62. The van der Waals surface area contributed by atoms with Gasteiger partial charge in [-0.25, -0.2) is 0 Å². The Morgan fingerprint density at radius 1 is 0.955 bits per heavy atom. The number of ether oxygens (including phenoxy) is 2. The third-order valence-electron chi connectivity index (χ3n) is 3.61. The second-order valence-electron chi connectivity index (χ2n) is 5.21. The van der Waals surface area contributed by atoms with Gasteiger partial charge in [-0.2, -0.15) is 0 Å². The Morgan fingerprint density at radius 3 is 2.18 bits per heavy atom. The van der Waals surface area contributed by atoms with Crippen molar-refractivity contribution < 1.29 is 9.47 Å². The zero-order valence-corrected chi connectivity index (χ0v) is 13.5. The van der Waals surface area contributed by atoms with Gasteiger partial charge in [0.2, 0.25) is 0 Å². The van der Waals surface area contributed by atoms with Crippen molar-refractivity contribution >= 4 is 0 Å². The zero-order valence-electron chi connectivity index (χ0n) is 13.5. The Bertz CT molecular complexity index is 384. The van der Waals surface area contributed by atoms with Crippen LogP contribution in [0.25, 0.3) is 0 Å². The highest BCUT2D eigenvalue weighted by molar-refractivity contribution is 5.39. The van der Waals surface area contributed by atoms with Gasteiger partial charge >= 0.3 is 0 Å². The van der Waals surface area contributed by atoms with Crippen molar-refractivity contribution in [3.05, 3.63) is 67.5 Å². The lowest BCUT2D eigenvalue weighted by Crippen LogP contribution is -2.42. The molecule has 1 N–H and O–H groups in total. The van der Waals surface area contributed by atoms with Crippen LogP contribution in [-0.4, -0.2) is 32.1 Å². The summed E-state index contributed by atoms with van der Waals surface area (Å²) in [7, 11) is 0. The van der Waals surface area contributed by atoms with E-state index in [1.807, 2.05) is 13.8 Å². The van der Waals surface area contributed by atoms with Crippen molar-refractivity contribution in [1.29, 1.82) is 0 Å². The predicted molar refractivity (Wildman–Crippen MR) is 89.4 cm³/mol. The molecule has 1 unspecified atom stereocenters. The zero-order chi connectivity index (χ0) is 15.6. The summed E-state index contributed by atoms with van der Waals surface area (Å²) in [6, 6.07) is 10.8. The third kappa shape index (κ3) is 5.71. The minimum absolute atomic E-state index is 0.191. The van der Waals surface area contributed by atoms with Crippen LogP contribution in [0.1, 0.15) is 19.4 Å². The van der Waals surface area contributed by atoms with Crippen LogP contribution in [0, 0.1) is 31.6 Å². The minimum atomic E-state index is -0.191. The molecule has 1 fully saturated rings. The van der Waals surface area contributed by atoms with Crippen LogP contribution in [0.15, 0.2) is 30.3 Å². The molecular weight excluding hydrogens is 274 g/mol. The van der Waals surface area contributed by atoms with Gasteiger partial charge in [0.15, 0.2) is 6.29 Å². The summed E-state index contributed by atoms with van der Waals surface area (Å²) in [5.41, 5.74) is 1.32. The van der Waals surface area contributed by atoms with E-state index in [2.05, 4.69) is 61.3 Å². The van der Waals surface area contributed by atoms with Gasteiger partial charge in [0.05, 0.1) is 0 Å². The summed E-state index contributed by atoms with van der Waals surface area (Å²) >= 11 is 0. The van der Waals surface area contributed by atoms with E-state index in [4.69, 9.17) is 9.47 Å². The molecule has 1 aliphatic carbocycles. The summed E-state index contributed by atoms with van der Waals surface area (Å²) in [6.07, 6.45) is 9.25. The summed E-state index contributed by atoms with van der Waals surface area (Å²) in [5, 5.41) is 3.59. The van der Waals surface area contributed by atoms with Crippen molar-refractivity contribution in [2.24, 2.45) is 0 Å². The second kappa shape index (κ2) is 9.98. The van der Waals surface area contributed by atoms with E-state index in [0.717, 1.165) is 6.42 Å². The van der Waals surface area contributed by atoms with Crippen molar-refractivity contribution in [1.82, 2.24) is 5.32 Å². The highest BCUT2D eigenvalue weighted by atomic mass is 16.7. The van der Waals surface area contributed by atoms with Crippen LogP contribution in [-0.2, 0) is 15.9 Å². The first-order valence-electron chi connectivity index (χ1n) is 8.05. The van der Waals surface area contributed by atoms with E-state index in [1.54, 1.807) is 0 Å². The molecule has 1 aliphatic rings. The quantitative estimate of drug-likeness (QED) is 0.674. The molecule has 0 bridgehead atoms. The van der Waals surface area contributed by atoms with Gasteiger partial charge in [0, 0.05) is 31.7 Å². The Kier molecular flexibility index (Phi) is 7.92. The molecule has 22 heavy (non-hydrogen) atoms. The summed E-state index contributed by atoms with van der Waals surface area (Å²) in [4.78, 5) is 0. The van der Waals surface area contributed by atoms with Gasteiger partial charge in [0.25, 0.3) is 0 Å². The number of nitrogens with one attached hydrogen (secondary N) is 1. The van der Waals surface area contributed by atoms with E-state index in [1.165, 1.54) is 11.5 Å². The molecular formula is C19H26NO2.